The van der Waals surface area contributed by atoms with Crippen molar-refractivity contribution in [2.45, 2.75) is 25.0 Å². The second-order valence-corrected chi connectivity index (χ2v) is 8.04. The van der Waals surface area contributed by atoms with Gasteiger partial charge in [0.15, 0.2) is 0 Å². The Kier molecular flexibility index (Phi) is 3.98. The third kappa shape index (κ3) is 3.02. The third-order valence-corrected chi connectivity index (χ3v) is 6.10. The van der Waals surface area contributed by atoms with Crippen LogP contribution in [0.5, 0.6) is 0 Å². The zero-order valence-electron chi connectivity index (χ0n) is 14.4. The highest BCUT2D eigenvalue weighted by molar-refractivity contribution is 7.16. The Morgan fingerprint density at radius 1 is 1.12 bits per heavy atom. The van der Waals surface area contributed by atoms with E-state index in [1.807, 2.05) is 46.8 Å². The van der Waals surface area contributed by atoms with Crippen LogP contribution in [0.2, 0.25) is 0 Å². The summed E-state index contributed by atoms with van der Waals surface area (Å²) in [5.41, 5.74) is 4.66. The molecule has 1 saturated carbocycles. The molecule has 2 aromatic carbocycles. The lowest BCUT2D eigenvalue weighted by atomic mass is 10.0. The molecule has 5 heteroatoms. The smallest absolute Gasteiger partial charge is 0.254 e. The van der Waals surface area contributed by atoms with E-state index < -0.39 is 0 Å². The van der Waals surface area contributed by atoms with E-state index in [1.165, 1.54) is 12.8 Å². The number of aromatic nitrogens is 1. The number of benzene rings is 2. The van der Waals surface area contributed by atoms with E-state index in [1.54, 1.807) is 11.3 Å². The van der Waals surface area contributed by atoms with Crippen LogP contribution in [-0.4, -0.2) is 35.0 Å². The average molecular weight is 364 g/mol. The molecule has 1 aromatic heterocycles. The number of hydrogen-bond donors (Lipinski definition) is 0. The number of fused-ring (bicyclic) bond motifs is 1. The first-order valence-corrected chi connectivity index (χ1v) is 9.99. The number of nitrogens with zero attached hydrogens (tertiary/aromatic N) is 2. The summed E-state index contributed by atoms with van der Waals surface area (Å²) in [5, 5.41) is 0. The second-order valence-electron chi connectivity index (χ2n) is 7.16. The number of carbonyl (C=O) groups excluding carboxylic acids is 1. The first kappa shape index (κ1) is 16.0. The summed E-state index contributed by atoms with van der Waals surface area (Å²) < 4.78 is 7.43. The molecule has 0 spiro atoms. The molecule has 0 unspecified atom stereocenters. The molecule has 5 rings (SSSR count). The van der Waals surface area contributed by atoms with E-state index in [0.29, 0.717) is 19.0 Å². The van der Waals surface area contributed by atoms with E-state index in [0.717, 1.165) is 21.3 Å². The number of ether oxygens (including phenoxy) is 1. The average Bonchev–Trinajstić information content (AvgIpc) is 3.45. The minimum Gasteiger partial charge on any atom is -0.366 e. The molecule has 2 aliphatic rings. The van der Waals surface area contributed by atoms with Crippen molar-refractivity contribution in [2.75, 3.05) is 13.1 Å². The van der Waals surface area contributed by atoms with E-state index in [4.69, 9.17) is 4.74 Å². The van der Waals surface area contributed by atoms with Gasteiger partial charge in [-0.05, 0) is 42.5 Å². The minimum atomic E-state index is -0.0494. The summed E-state index contributed by atoms with van der Waals surface area (Å²) in [6.45, 7) is 1.29. The molecule has 1 amide bonds. The van der Waals surface area contributed by atoms with Crippen LogP contribution in [0.1, 0.15) is 34.9 Å². The fourth-order valence-corrected chi connectivity index (χ4v) is 4.42. The van der Waals surface area contributed by atoms with Crippen LogP contribution in [-0.2, 0) is 4.74 Å². The van der Waals surface area contributed by atoms with E-state index in [-0.39, 0.29) is 18.1 Å². The van der Waals surface area contributed by atoms with Crippen LogP contribution in [0.4, 0.5) is 0 Å². The van der Waals surface area contributed by atoms with Gasteiger partial charge in [0.1, 0.15) is 6.10 Å². The van der Waals surface area contributed by atoms with Gasteiger partial charge in [0.05, 0.1) is 28.4 Å². The van der Waals surface area contributed by atoms with Gasteiger partial charge in [-0.15, -0.1) is 11.3 Å². The van der Waals surface area contributed by atoms with Crippen molar-refractivity contribution in [3.05, 3.63) is 65.2 Å². The van der Waals surface area contributed by atoms with Gasteiger partial charge < -0.3 is 9.64 Å². The number of thiazole rings is 1. The van der Waals surface area contributed by atoms with Gasteiger partial charge in [0, 0.05) is 12.1 Å². The Morgan fingerprint density at radius 3 is 2.77 bits per heavy atom. The Morgan fingerprint density at radius 2 is 1.96 bits per heavy atom. The lowest BCUT2D eigenvalue weighted by Crippen LogP contribution is -2.47. The Balaban J connectivity index is 1.43. The van der Waals surface area contributed by atoms with Gasteiger partial charge in [-0.25, -0.2) is 4.98 Å². The SMILES string of the molecule is O=C(c1ccc2ncsc2c1)N1C[C@@H](c2ccccc2)O[C@@H](C2CC2)C1. The fourth-order valence-electron chi connectivity index (χ4n) is 3.71. The van der Waals surface area contributed by atoms with Crippen molar-refractivity contribution in [2.24, 2.45) is 5.92 Å². The highest BCUT2D eigenvalue weighted by Crippen LogP contribution is 2.39. The minimum absolute atomic E-state index is 0.0494. The number of rotatable bonds is 3. The molecule has 3 aromatic rings. The molecule has 0 bridgehead atoms. The van der Waals surface area contributed by atoms with E-state index in [9.17, 15) is 4.79 Å². The van der Waals surface area contributed by atoms with Crippen LogP contribution in [0.3, 0.4) is 0 Å². The molecule has 132 valence electrons. The standard InChI is InChI=1S/C21H20N2O2S/c24-21(16-8-9-17-20(10-16)26-13-22-17)23-11-18(14-4-2-1-3-5-14)25-19(12-23)15-6-7-15/h1-5,8-10,13,15,18-19H,6-7,11-12H2/t18-,19+/m0/s1. The van der Waals surface area contributed by atoms with Crippen LogP contribution in [0.15, 0.2) is 54.0 Å². The lowest BCUT2D eigenvalue weighted by molar-refractivity contribution is -0.0863. The normalized spacial score (nSPS) is 23.3. The molecule has 1 saturated heterocycles. The molecule has 0 radical (unpaired) electrons. The molecule has 2 heterocycles. The highest BCUT2D eigenvalue weighted by Gasteiger charge is 2.40. The van der Waals surface area contributed by atoms with Crippen LogP contribution in [0.25, 0.3) is 10.2 Å². The molecule has 1 aliphatic carbocycles. The summed E-state index contributed by atoms with van der Waals surface area (Å²) in [6.07, 6.45) is 2.51. The van der Waals surface area contributed by atoms with Crippen molar-refractivity contribution in [1.29, 1.82) is 0 Å². The third-order valence-electron chi connectivity index (χ3n) is 5.31. The summed E-state index contributed by atoms with van der Waals surface area (Å²) >= 11 is 1.57. The van der Waals surface area contributed by atoms with Gasteiger partial charge in [-0.2, -0.15) is 0 Å². The zero-order chi connectivity index (χ0) is 17.5. The monoisotopic (exact) mass is 364 g/mol. The first-order valence-electron chi connectivity index (χ1n) is 9.11. The maximum atomic E-state index is 13.2. The summed E-state index contributed by atoms with van der Waals surface area (Å²) in [6, 6.07) is 16.0. The number of amides is 1. The van der Waals surface area contributed by atoms with Crippen LogP contribution < -0.4 is 0 Å². The molecule has 2 atom stereocenters. The summed E-state index contributed by atoms with van der Waals surface area (Å²) in [7, 11) is 0. The summed E-state index contributed by atoms with van der Waals surface area (Å²) in [4.78, 5) is 19.5. The van der Waals surface area contributed by atoms with Gasteiger partial charge in [0.2, 0.25) is 0 Å². The quantitative estimate of drug-likeness (QED) is 0.696. The predicted octanol–water partition coefficient (Wildman–Crippen LogP) is 4.29. The van der Waals surface area contributed by atoms with Gasteiger partial charge in [-0.3, -0.25) is 4.79 Å². The van der Waals surface area contributed by atoms with E-state index in [2.05, 4.69) is 17.1 Å². The van der Waals surface area contributed by atoms with Gasteiger partial charge in [0.25, 0.3) is 5.91 Å². The Labute approximate surface area is 156 Å². The number of hydrogen-bond acceptors (Lipinski definition) is 4. The number of carbonyl (C=O) groups is 1. The Hall–Kier alpha value is -2.24. The topological polar surface area (TPSA) is 42.4 Å². The second kappa shape index (κ2) is 6.49. The maximum Gasteiger partial charge on any atom is 0.254 e. The van der Waals surface area contributed by atoms with Gasteiger partial charge >= 0.3 is 0 Å². The highest BCUT2D eigenvalue weighted by atomic mass is 32.1. The molecule has 0 N–H and O–H groups in total. The molecular formula is C21H20N2O2S. The molecule has 2 fully saturated rings. The lowest BCUT2D eigenvalue weighted by Gasteiger charge is -2.38. The fraction of sp³-hybridized carbons (Fsp3) is 0.333. The first-order chi connectivity index (χ1) is 12.8. The molecule has 26 heavy (non-hydrogen) atoms. The van der Waals surface area contributed by atoms with E-state index >= 15 is 0 Å². The van der Waals surface area contributed by atoms with Crippen molar-refractivity contribution in [1.82, 2.24) is 9.88 Å². The summed E-state index contributed by atoms with van der Waals surface area (Å²) in [5.74, 6) is 0.691. The van der Waals surface area contributed by atoms with Crippen LogP contribution >= 0.6 is 11.3 Å². The molecule has 1 aliphatic heterocycles. The molecular weight excluding hydrogens is 344 g/mol. The molecule has 4 nitrogen and oxygen atoms in total. The van der Waals surface area contributed by atoms with Crippen molar-refractivity contribution in [3.63, 3.8) is 0 Å². The van der Waals surface area contributed by atoms with Crippen molar-refractivity contribution < 1.29 is 9.53 Å². The van der Waals surface area contributed by atoms with Gasteiger partial charge in [-0.1, -0.05) is 30.3 Å². The van der Waals surface area contributed by atoms with Crippen molar-refractivity contribution in [3.8, 4) is 0 Å². The Bertz CT molecular complexity index is 935. The largest absolute Gasteiger partial charge is 0.366 e. The predicted molar refractivity (Wildman–Crippen MR) is 102 cm³/mol. The number of morpholine rings is 1. The van der Waals surface area contributed by atoms with Crippen LogP contribution in [0, 0.1) is 5.92 Å². The maximum absolute atomic E-state index is 13.2. The zero-order valence-corrected chi connectivity index (χ0v) is 15.2. The van der Waals surface area contributed by atoms with Crippen molar-refractivity contribution >= 4 is 27.5 Å².